The zero-order chi connectivity index (χ0) is 8.69. The first kappa shape index (κ1) is 10.7. The molecule has 11 heavy (non-hydrogen) atoms. The van der Waals surface area contributed by atoms with Gasteiger partial charge in [-0.15, -0.1) is 6.58 Å². The van der Waals surface area contributed by atoms with Crippen molar-refractivity contribution in [2.45, 2.75) is 6.92 Å². The van der Waals surface area contributed by atoms with Crippen molar-refractivity contribution in [2.24, 2.45) is 0 Å². The molecule has 0 N–H and O–H groups in total. The van der Waals surface area contributed by atoms with Crippen LogP contribution in [0.5, 0.6) is 0 Å². The Kier molecular flexibility index (Phi) is 6.18. The lowest BCUT2D eigenvalue weighted by Crippen LogP contribution is -2.31. The van der Waals surface area contributed by atoms with Gasteiger partial charge >= 0.3 is 0 Å². The van der Waals surface area contributed by atoms with Crippen molar-refractivity contribution in [3.8, 4) is 0 Å². The van der Waals surface area contributed by atoms with E-state index >= 15 is 0 Å². The van der Waals surface area contributed by atoms with Gasteiger partial charge in [-0.1, -0.05) is 13.0 Å². The third-order valence-electron chi connectivity index (χ3n) is 1.70. The van der Waals surface area contributed by atoms with Crippen LogP contribution in [0, 0.1) is 0 Å². The van der Waals surface area contributed by atoms with E-state index in [2.05, 4.69) is 37.4 Å². The Morgan fingerprint density at radius 3 is 2.27 bits per heavy atom. The lowest BCUT2D eigenvalue weighted by Gasteiger charge is -2.20. The van der Waals surface area contributed by atoms with E-state index in [0.717, 1.165) is 26.2 Å². The van der Waals surface area contributed by atoms with Gasteiger partial charge in [-0.3, -0.25) is 4.90 Å². The highest BCUT2D eigenvalue weighted by Gasteiger charge is 1.98. The number of nitrogens with zero attached hydrogens (tertiary/aromatic N) is 2. The highest BCUT2D eigenvalue weighted by Crippen LogP contribution is 1.87. The normalized spacial score (nSPS) is 11.0. The number of hydrogen-bond acceptors (Lipinski definition) is 2. The molecule has 0 heterocycles. The monoisotopic (exact) mass is 156 g/mol. The quantitative estimate of drug-likeness (QED) is 0.530. The summed E-state index contributed by atoms with van der Waals surface area (Å²) in [6.45, 7) is 10.3. The van der Waals surface area contributed by atoms with Gasteiger partial charge in [0.05, 0.1) is 0 Å². The lowest BCUT2D eigenvalue weighted by atomic mass is 10.4. The molecule has 0 bridgehead atoms. The molecule has 0 aromatic heterocycles. The maximum Gasteiger partial charge on any atom is 0.0161 e. The molecule has 0 aliphatic rings. The molecule has 0 fully saturated rings. The molecule has 0 radical (unpaired) electrons. The summed E-state index contributed by atoms with van der Waals surface area (Å²) in [4.78, 5) is 4.57. The number of hydrogen-bond donors (Lipinski definition) is 0. The van der Waals surface area contributed by atoms with Crippen LogP contribution in [0.4, 0.5) is 0 Å². The maximum atomic E-state index is 3.72. The van der Waals surface area contributed by atoms with Gasteiger partial charge in [-0.25, -0.2) is 0 Å². The van der Waals surface area contributed by atoms with E-state index in [9.17, 15) is 0 Å². The fourth-order valence-corrected chi connectivity index (χ4v) is 0.902. The second-order valence-corrected chi connectivity index (χ2v) is 2.99. The first-order chi connectivity index (χ1) is 5.20. The Morgan fingerprint density at radius 1 is 1.27 bits per heavy atom. The molecule has 2 nitrogen and oxygen atoms in total. The molecule has 0 saturated heterocycles. The van der Waals surface area contributed by atoms with Crippen molar-refractivity contribution in [1.82, 2.24) is 9.80 Å². The van der Waals surface area contributed by atoms with Gasteiger partial charge in [0.2, 0.25) is 0 Å². The van der Waals surface area contributed by atoms with E-state index in [1.807, 2.05) is 6.08 Å². The van der Waals surface area contributed by atoms with E-state index in [1.54, 1.807) is 0 Å². The molecule has 0 aliphatic heterocycles. The SMILES string of the molecule is C=CCN(CC)CCN(C)C. The van der Waals surface area contributed by atoms with Gasteiger partial charge in [0.1, 0.15) is 0 Å². The smallest absolute Gasteiger partial charge is 0.0161 e. The van der Waals surface area contributed by atoms with Gasteiger partial charge in [-0.05, 0) is 20.6 Å². The summed E-state index contributed by atoms with van der Waals surface area (Å²) >= 11 is 0. The molecule has 0 aliphatic carbocycles. The van der Waals surface area contributed by atoms with E-state index < -0.39 is 0 Å². The highest BCUT2D eigenvalue weighted by atomic mass is 15.2. The molecule has 0 amide bonds. The van der Waals surface area contributed by atoms with Crippen LogP contribution in [0.1, 0.15) is 6.92 Å². The predicted molar refractivity (Wildman–Crippen MR) is 50.9 cm³/mol. The molecule has 66 valence electrons. The zero-order valence-corrected chi connectivity index (χ0v) is 8.01. The van der Waals surface area contributed by atoms with Crippen LogP contribution in [0.3, 0.4) is 0 Å². The summed E-state index contributed by atoms with van der Waals surface area (Å²) in [5.74, 6) is 0. The van der Waals surface area contributed by atoms with E-state index in [4.69, 9.17) is 0 Å². The average molecular weight is 156 g/mol. The number of rotatable bonds is 6. The first-order valence-corrected chi connectivity index (χ1v) is 4.18. The zero-order valence-electron chi connectivity index (χ0n) is 8.01. The molecule has 0 aromatic rings. The molecule has 2 heteroatoms. The average Bonchev–Trinajstić information content (AvgIpc) is 1.97. The van der Waals surface area contributed by atoms with Crippen molar-refractivity contribution in [1.29, 1.82) is 0 Å². The molecule has 0 atom stereocenters. The van der Waals surface area contributed by atoms with Gasteiger partial charge in [0, 0.05) is 19.6 Å². The molecule has 0 unspecified atom stereocenters. The standard InChI is InChI=1S/C9H20N2/c1-5-7-11(6-2)9-8-10(3)4/h5H,1,6-9H2,2-4H3. The third kappa shape index (κ3) is 6.07. The molecule has 0 aromatic carbocycles. The lowest BCUT2D eigenvalue weighted by molar-refractivity contribution is 0.271. The van der Waals surface area contributed by atoms with E-state index in [-0.39, 0.29) is 0 Å². The largest absolute Gasteiger partial charge is 0.308 e. The third-order valence-corrected chi connectivity index (χ3v) is 1.70. The fraction of sp³-hybridized carbons (Fsp3) is 0.778. The molecule has 0 rings (SSSR count). The Labute approximate surface area is 70.5 Å². The van der Waals surface area contributed by atoms with Crippen LogP contribution in [0.25, 0.3) is 0 Å². The highest BCUT2D eigenvalue weighted by molar-refractivity contribution is 4.72. The Bertz CT molecular complexity index is 99.7. The topological polar surface area (TPSA) is 6.48 Å². The van der Waals surface area contributed by atoms with Crippen LogP contribution in [0.2, 0.25) is 0 Å². The first-order valence-electron chi connectivity index (χ1n) is 4.18. The predicted octanol–water partition coefficient (Wildman–Crippen LogP) is 1.06. The van der Waals surface area contributed by atoms with Crippen LogP contribution < -0.4 is 0 Å². The second kappa shape index (κ2) is 6.38. The Balaban J connectivity index is 3.43. The number of likely N-dealkylation sites (N-methyl/N-ethyl adjacent to an activating group) is 2. The van der Waals surface area contributed by atoms with Gasteiger partial charge in [0.15, 0.2) is 0 Å². The van der Waals surface area contributed by atoms with Crippen molar-refractivity contribution >= 4 is 0 Å². The van der Waals surface area contributed by atoms with E-state index in [1.165, 1.54) is 0 Å². The summed E-state index contributed by atoms with van der Waals surface area (Å²) in [5.41, 5.74) is 0. The molecular weight excluding hydrogens is 136 g/mol. The second-order valence-electron chi connectivity index (χ2n) is 2.99. The summed E-state index contributed by atoms with van der Waals surface area (Å²) in [6, 6.07) is 0. The Hall–Kier alpha value is -0.340. The fourth-order valence-electron chi connectivity index (χ4n) is 0.902. The van der Waals surface area contributed by atoms with Gasteiger partial charge in [-0.2, -0.15) is 0 Å². The van der Waals surface area contributed by atoms with Crippen molar-refractivity contribution in [2.75, 3.05) is 40.3 Å². The molecule has 0 saturated carbocycles. The van der Waals surface area contributed by atoms with Crippen LogP contribution in [0.15, 0.2) is 12.7 Å². The van der Waals surface area contributed by atoms with Crippen LogP contribution in [-0.2, 0) is 0 Å². The Morgan fingerprint density at radius 2 is 1.91 bits per heavy atom. The summed E-state index contributed by atoms with van der Waals surface area (Å²) < 4.78 is 0. The summed E-state index contributed by atoms with van der Waals surface area (Å²) in [7, 11) is 4.20. The van der Waals surface area contributed by atoms with Crippen molar-refractivity contribution in [3.05, 3.63) is 12.7 Å². The van der Waals surface area contributed by atoms with Crippen molar-refractivity contribution < 1.29 is 0 Å². The molecule has 0 spiro atoms. The van der Waals surface area contributed by atoms with E-state index in [0.29, 0.717) is 0 Å². The van der Waals surface area contributed by atoms with Crippen LogP contribution >= 0.6 is 0 Å². The minimum Gasteiger partial charge on any atom is -0.308 e. The van der Waals surface area contributed by atoms with Crippen LogP contribution in [-0.4, -0.2) is 50.1 Å². The minimum atomic E-state index is 1.00. The summed E-state index contributed by atoms with van der Waals surface area (Å²) in [5, 5.41) is 0. The van der Waals surface area contributed by atoms with Crippen molar-refractivity contribution in [3.63, 3.8) is 0 Å². The summed E-state index contributed by atoms with van der Waals surface area (Å²) in [6.07, 6.45) is 1.96. The maximum absolute atomic E-state index is 3.72. The molecular formula is C9H20N2. The minimum absolute atomic E-state index is 1.00. The van der Waals surface area contributed by atoms with Gasteiger partial charge < -0.3 is 4.90 Å². The van der Waals surface area contributed by atoms with Gasteiger partial charge in [0.25, 0.3) is 0 Å².